The van der Waals surface area contributed by atoms with E-state index in [2.05, 4.69) is 6.92 Å². The van der Waals surface area contributed by atoms with Crippen molar-refractivity contribution in [1.82, 2.24) is 0 Å². The fraction of sp³-hybridized carbons (Fsp3) is 0.500. The van der Waals surface area contributed by atoms with Crippen LogP contribution in [-0.2, 0) is 12.8 Å². The summed E-state index contributed by atoms with van der Waals surface area (Å²) in [5, 5.41) is 19.6. The number of hydrogen-bond acceptors (Lipinski definition) is 2. The number of aromatic hydroxyl groups is 2. The van der Waals surface area contributed by atoms with Gasteiger partial charge in [0.05, 0.1) is 0 Å². The Morgan fingerprint density at radius 3 is 2.36 bits per heavy atom. The Balaban J connectivity index is 3.26. The number of rotatable bonds is 3. The second kappa shape index (κ2) is 4.36. The van der Waals surface area contributed by atoms with E-state index in [4.69, 9.17) is 0 Å². The van der Waals surface area contributed by atoms with E-state index in [1.54, 1.807) is 6.07 Å². The van der Waals surface area contributed by atoms with E-state index in [1.165, 1.54) is 0 Å². The lowest BCUT2D eigenvalue weighted by molar-refractivity contribution is 0.445. The van der Waals surface area contributed by atoms with Gasteiger partial charge in [0.25, 0.3) is 0 Å². The number of aryl methyl sites for hydroxylation is 1. The van der Waals surface area contributed by atoms with Gasteiger partial charge in [0.15, 0.2) is 0 Å². The van der Waals surface area contributed by atoms with Crippen LogP contribution in [0.1, 0.15) is 37.0 Å². The molecule has 2 nitrogen and oxygen atoms in total. The molecule has 0 spiro atoms. The van der Waals surface area contributed by atoms with Crippen molar-refractivity contribution in [1.29, 1.82) is 0 Å². The standard InChI is InChI=1S/C12H18O2/c1-4-6-10-8(3)12(14)9(5-2)7-11(10)13/h7,13-14H,4-6H2,1-3H3. The molecule has 0 aliphatic heterocycles. The van der Waals surface area contributed by atoms with E-state index < -0.39 is 0 Å². The highest BCUT2D eigenvalue weighted by Crippen LogP contribution is 2.33. The normalized spacial score (nSPS) is 10.5. The lowest BCUT2D eigenvalue weighted by Crippen LogP contribution is -1.94. The minimum absolute atomic E-state index is 0.319. The van der Waals surface area contributed by atoms with Gasteiger partial charge < -0.3 is 10.2 Å². The van der Waals surface area contributed by atoms with Crippen molar-refractivity contribution in [3.8, 4) is 11.5 Å². The fourth-order valence-electron chi connectivity index (χ4n) is 1.73. The molecule has 0 atom stereocenters. The van der Waals surface area contributed by atoms with E-state index in [9.17, 15) is 10.2 Å². The summed E-state index contributed by atoms with van der Waals surface area (Å²) in [4.78, 5) is 0. The molecule has 0 aliphatic rings. The predicted octanol–water partition coefficient (Wildman–Crippen LogP) is 2.92. The number of phenolic OH excluding ortho intramolecular Hbond substituents is 2. The third kappa shape index (κ3) is 1.84. The third-order valence-electron chi connectivity index (χ3n) is 2.61. The molecule has 14 heavy (non-hydrogen) atoms. The maximum absolute atomic E-state index is 9.82. The van der Waals surface area contributed by atoms with Crippen LogP contribution in [-0.4, -0.2) is 10.2 Å². The van der Waals surface area contributed by atoms with Crippen LogP contribution in [0.5, 0.6) is 11.5 Å². The molecule has 2 N–H and O–H groups in total. The first-order valence-electron chi connectivity index (χ1n) is 5.15. The lowest BCUT2D eigenvalue weighted by atomic mass is 9.97. The molecular formula is C12H18O2. The smallest absolute Gasteiger partial charge is 0.122 e. The molecule has 0 radical (unpaired) electrons. The van der Waals surface area contributed by atoms with E-state index in [0.717, 1.165) is 36.0 Å². The maximum Gasteiger partial charge on any atom is 0.122 e. The number of hydrogen-bond donors (Lipinski definition) is 2. The zero-order valence-electron chi connectivity index (χ0n) is 9.09. The van der Waals surface area contributed by atoms with Gasteiger partial charge in [-0.2, -0.15) is 0 Å². The van der Waals surface area contributed by atoms with Gasteiger partial charge in [-0.05, 0) is 37.0 Å². The van der Waals surface area contributed by atoms with Gasteiger partial charge in [-0.1, -0.05) is 20.3 Å². The maximum atomic E-state index is 9.82. The topological polar surface area (TPSA) is 40.5 Å². The molecule has 1 aromatic carbocycles. The second-order valence-electron chi connectivity index (χ2n) is 3.61. The number of phenols is 2. The van der Waals surface area contributed by atoms with Crippen molar-refractivity contribution in [2.24, 2.45) is 0 Å². The van der Waals surface area contributed by atoms with Crippen LogP contribution in [0.2, 0.25) is 0 Å². The van der Waals surface area contributed by atoms with Crippen molar-refractivity contribution in [3.05, 3.63) is 22.8 Å². The molecule has 78 valence electrons. The van der Waals surface area contributed by atoms with Crippen LogP contribution in [0.25, 0.3) is 0 Å². The SMILES string of the molecule is CCCc1c(O)cc(CC)c(O)c1C. The van der Waals surface area contributed by atoms with Crippen molar-refractivity contribution in [3.63, 3.8) is 0 Å². The highest BCUT2D eigenvalue weighted by Gasteiger charge is 2.12. The predicted molar refractivity (Wildman–Crippen MR) is 57.9 cm³/mol. The summed E-state index contributed by atoms with van der Waals surface area (Å²) in [5.74, 6) is 0.660. The Hall–Kier alpha value is -1.18. The first-order chi connectivity index (χ1) is 6.61. The molecular weight excluding hydrogens is 176 g/mol. The summed E-state index contributed by atoms with van der Waals surface area (Å²) in [6, 6.07) is 1.67. The average Bonchev–Trinajstić information content (AvgIpc) is 2.18. The molecule has 0 heterocycles. The summed E-state index contributed by atoms with van der Waals surface area (Å²) in [7, 11) is 0. The summed E-state index contributed by atoms with van der Waals surface area (Å²) >= 11 is 0. The largest absolute Gasteiger partial charge is 0.508 e. The van der Waals surface area contributed by atoms with E-state index in [-0.39, 0.29) is 0 Å². The Kier molecular flexibility index (Phi) is 3.39. The molecule has 2 heteroatoms. The molecule has 0 aromatic heterocycles. The van der Waals surface area contributed by atoms with Gasteiger partial charge >= 0.3 is 0 Å². The summed E-state index contributed by atoms with van der Waals surface area (Å²) in [5.41, 5.74) is 2.52. The first-order valence-corrected chi connectivity index (χ1v) is 5.15. The Labute approximate surface area is 85.2 Å². The van der Waals surface area contributed by atoms with E-state index in [0.29, 0.717) is 11.5 Å². The summed E-state index contributed by atoms with van der Waals surface area (Å²) < 4.78 is 0. The number of benzene rings is 1. The molecule has 0 fully saturated rings. The van der Waals surface area contributed by atoms with Crippen LogP contribution in [0.4, 0.5) is 0 Å². The zero-order chi connectivity index (χ0) is 10.7. The summed E-state index contributed by atoms with van der Waals surface area (Å²) in [6.07, 6.45) is 2.53. The molecule has 0 aliphatic carbocycles. The molecule has 0 saturated carbocycles. The van der Waals surface area contributed by atoms with Crippen molar-refractivity contribution >= 4 is 0 Å². The van der Waals surface area contributed by atoms with Crippen LogP contribution >= 0.6 is 0 Å². The van der Waals surface area contributed by atoms with Crippen molar-refractivity contribution in [2.75, 3.05) is 0 Å². The summed E-state index contributed by atoms with van der Waals surface area (Å²) in [6.45, 7) is 5.89. The lowest BCUT2D eigenvalue weighted by Gasteiger charge is -2.12. The van der Waals surface area contributed by atoms with Gasteiger partial charge in [-0.25, -0.2) is 0 Å². The minimum Gasteiger partial charge on any atom is -0.508 e. The minimum atomic E-state index is 0.319. The highest BCUT2D eigenvalue weighted by atomic mass is 16.3. The zero-order valence-corrected chi connectivity index (χ0v) is 9.09. The fourth-order valence-corrected chi connectivity index (χ4v) is 1.73. The van der Waals surface area contributed by atoms with Crippen molar-refractivity contribution in [2.45, 2.75) is 40.0 Å². The molecule has 0 bridgehead atoms. The van der Waals surface area contributed by atoms with Crippen LogP contribution in [0.3, 0.4) is 0 Å². The molecule has 1 rings (SSSR count). The Morgan fingerprint density at radius 2 is 1.86 bits per heavy atom. The quantitative estimate of drug-likeness (QED) is 0.726. The van der Waals surface area contributed by atoms with Gasteiger partial charge in [-0.15, -0.1) is 0 Å². The van der Waals surface area contributed by atoms with Gasteiger partial charge in [0, 0.05) is 5.56 Å². The van der Waals surface area contributed by atoms with Crippen LogP contribution < -0.4 is 0 Å². The van der Waals surface area contributed by atoms with E-state index in [1.807, 2.05) is 13.8 Å². The van der Waals surface area contributed by atoms with Gasteiger partial charge in [-0.3, -0.25) is 0 Å². The monoisotopic (exact) mass is 194 g/mol. The molecule has 0 saturated heterocycles. The van der Waals surface area contributed by atoms with Gasteiger partial charge in [0.1, 0.15) is 11.5 Å². The van der Waals surface area contributed by atoms with Gasteiger partial charge in [0.2, 0.25) is 0 Å². The molecule has 1 aromatic rings. The molecule has 0 amide bonds. The van der Waals surface area contributed by atoms with Crippen molar-refractivity contribution < 1.29 is 10.2 Å². The first kappa shape index (κ1) is 10.9. The average molecular weight is 194 g/mol. The highest BCUT2D eigenvalue weighted by molar-refractivity contribution is 5.51. The van der Waals surface area contributed by atoms with Crippen LogP contribution in [0.15, 0.2) is 6.07 Å². The second-order valence-corrected chi connectivity index (χ2v) is 3.61. The third-order valence-corrected chi connectivity index (χ3v) is 2.61. The van der Waals surface area contributed by atoms with Crippen LogP contribution in [0, 0.1) is 6.92 Å². The Morgan fingerprint density at radius 1 is 1.21 bits per heavy atom. The van der Waals surface area contributed by atoms with E-state index >= 15 is 0 Å². The Bertz CT molecular complexity index is 330. The molecule has 0 unspecified atom stereocenters.